The number of amides is 1. The Morgan fingerprint density at radius 1 is 1.22 bits per heavy atom. The predicted octanol–water partition coefficient (Wildman–Crippen LogP) is 3.45. The molecule has 0 spiro atoms. The summed E-state index contributed by atoms with van der Waals surface area (Å²) in [7, 11) is -2.34. The van der Waals surface area contributed by atoms with Crippen molar-refractivity contribution in [3.8, 4) is 5.75 Å². The highest BCUT2D eigenvalue weighted by atomic mass is 35.5. The van der Waals surface area contributed by atoms with Crippen LogP contribution >= 0.6 is 11.6 Å². The monoisotopic (exact) mass is 408 g/mol. The zero-order valence-corrected chi connectivity index (χ0v) is 16.7. The number of carbonyl (C=O) groups excluding carboxylic acids is 1. The molecule has 144 valence electrons. The third-order valence-electron chi connectivity index (χ3n) is 4.60. The molecule has 1 heterocycles. The van der Waals surface area contributed by atoms with Crippen molar-refractivity contribution in [2.75, 3.05) is 19.0 Å². The van der Waals surface area contributed by atoms with Gasteiger partial charge in [0.2, 0.25) is 15.9 Å². The van der Waals surface area contributed by atoms with Crippen LogP contribution in [0.5, 0.6) is 5.75 Å². The summed E-state index contributed by atoms with van der Waals surface area (Å²) in [6.07, 6.45) is 1.10. The van der Waals surface area contributed by atoms with E-state index in [-0.39, 0.29) is 10.8 Å². The lowest BCUT2D eigenvalue weighted by Crippen LogP contribution is -2.43. The molecular formula is C19H21ClN2O4S. The number of hydrogen-bond acceptors (Lipinski definition) is 4. The lowest BCUT2D eigenvalue weighted by atomic mass is 10.2. The number of hydrogen-bond donors (Lipinski definition) is 1. The summed E-state index contributed by atoms with van der Waals surface area (Å²) in [4.78, 5) is 12.9. The highest BCUT2D eigenvalue weighted by Crippen LogP contribution is 2.30. The van der Waals surface area contributed by atoms with Crippen LogP contribution in [0.1, 0.15) is 18.4 Å². The van der Waals surface area contributed by atoms with E-state index >= 15 is 0 Å². The molecule has 1 N–H and O–H groups in total. The van der Waals surface area contributed by atoms with Gasteiger partial charge >= 0.3 is 0 Å². The maximum absolute atomic E-state index is 13.2. The summed E-state index contributed by atoms with van der Waals surface area (Å²) >= 11 is 5.86. The van der Waals surface area contributed by atoms with Crippen molar-refractivity contribution in [3.05, 3.63) is 53.1 Å². The van der Waals surface area contributed by atoms with Crippen LogP contribution in [-0.2, 0) is 14.8 Å². The van der Waals surface area contributed by atoms with E-state index in [9.17, 15) is 13.2 Å². The molecule has 0 bridgehead atoms. The van der Waals surface area contributed by atoms with E-state index in [2.05, 4.69) is 5.32 Å². The second-order valence-electron chi connectivity index (χ2n) is 6.40. The fourth-order valence-electron chi connectivity index (χ4n) is 3.16. The highest BCUT2D eigenvalue weighted by Gasteiger charge is 2.40. The molecular weight excluding hydrogens is 388 g/mol. The fourth-order valence-corrected chi connectivity index (χ4v) is 5.18. The van der Waals surface area contributed by atoms with Crippen molar-refractivity contribution in [1.82, 2.24) is 4.31 Å². The largest absolute Gasteiger partial charge is 0.497 e. The molecule has 2 aromatic rings. The molecule has 0 radical (unpaired) electrons. The number of nitrogens with zero attached hydrogens (tertiary/aromatic N) is 1. The first kappa shape index (κ1) is 19.7. The summed E-state index contributed by atoms with van der Waals surface area (Å²) in [6.45, 7) is 2.03. The van der Waals surface area contributed by atoms with E-state index in [1.54, 1.807) is 43.3 Å². The number of halogens is 1. The molecule has 6 nitrogen and oxygen atoms in total. The van der Waals surface area contributed by atoms with Crippen LogP contribution in [0.25, 0.3) is 0 Å². The van der Waals surface area contributed by atoms with Crippen LogP contribution < -0.4 is 10.1 Å². The van der Waals surface area contributed by atoms with Gasteiger partial charge in [-0.05, 0) is 55.7 Å². The summed E-state index contributed by atoms with van der Waals surface area (Å²) in [5.74, 6) is 0.111. The number of ether oxygens (including phenoxy) is 1. The van der Waals surface area contributed by atoms with Gasteiger partial charge in [0.1, 0.15) is 11.8 Å². The van der Waals surface area contributed by atoms with Crippen molar-refractivity contribution in [2.45, 2.75) is 30.7 Å². The number of methoxy groups -OCH3 is 1. The van der Waals surface area contributed by atoms with E-state index in [0.29, 0.717) is 41.4 Å². The van der Waals surface area contributed by atoms with E-state index in [1.807, 2.05) is 0 Å². The molecule has 1 atom stereocenters. The van der Waals surface area contributed by atoms with Gasteiger partial charge in [0.05, 0.1) is 12.0 Å². The first-order valence-corrected chi connectivity index (χ1v) is 10.4. The zero-order chi connectivity index (χ0) is 19.6. The lowest BCUT2D eigenvalue weighted by Gasteiger charge is -2.24. The third kappa shape index (κ3) is 4.10. The molecule has 1 aliphatic heterocycles. The summed E-state index contributed by atoms with van der Waals surface area (Å²) in [6, 6.07) is 10.8. The number of carbonyl (C=O) groups is 1. The van der Waals surface area contributed by atoms with Crippen LogP contribution in [0.3, 0.4) is 0 Å². The number of anilines is 1. The molecule has 2 aromatic carbocycles. The SMILES string of the molecule is COc1ccc(C)c(S(=O)(=O)N2CCC[C@@H]2C(=O)Nc2ccc(Cl)cc2)c1. The second kappa shape index (κ2) is 7.88. The van der Waals surface area contributed by atoms with E-state index in [0.717, 1.165) is 0 Å². The van der Waals surface area contributed by atoms with Crippen LogP contribution in [0.15, 0.2) is 47.4 Å². The topological polar surface area (TPSA) is 75.7 Å². The van der Waals surface area contributed by atoms with Gasteiger partial charge in [-0.1, -0.05) is 17.7 Å². The molecule has 1 fully saturated rings. The number of rotatable bonds is 5. The molecule has 0 aliphatic carbocycles. The Balaban J connectivity index is 1.86. The minimum Gasteiger partial charge on any atom is -0.497 e. The highest BCUT2D eigenvalue weighted by molar-refractivity contribution is 7.89. The van der Waals surface area contributed by atoms with Crippen molar-refractivity contribution < 1.29 is 17.9 Å². The van der Waals surface area contributed by atoms with Gasteiger partial charge in [-0.25, -0.2) is 8.42 Å². The fraction of sp³-hybridized carbons (Fsp3) is 0.316. The van der Waals surface area contributed by atoms with Gasteiger partial charge in [-0.3, -0.25) is 4.79 Å². The van der Waals surface area contributed by atoms with Crippen molar-refractivity contribution in [2.24, 2.45) is 0 Å². The Hall–Kier alpha value is -2.09. The molecule has 8 heteroatoms. The molecule has 1 saturated heterocycles. The second-order valence-corrected chi connectivity index (χ2v) is 8.70. The Kier molecular flexibility index (Phi) is 5.74. The Labute approximate surface area is 164 Å². The molecule has 0 aromatic heterocycles. The van der Waals surface area contributed by atoms with Crippen molar-refractivity contribution >= 4 is 33.2 Å². The zero-order valence-electron chi connectivity index (χ0n) is 15.1. The lowest BCUT2D eigenvalue weighted by molar-refractivity contribution is -0.119. The van der Waals surface area contributed by atoms with Gasteiger partial charge in [0.15, 0.2) is 0 Å². The van der Waals surface area contributed by atoms with Crippen molar-refractivity contribution in [1.29, 1.82) is 0 Å². The van der Waals surface area contributed by atoms with Crippen LogP contribution in [0.4, 0.5) is 5.69 Å². The number of aryl methyl sites for hydroxylation is 1. The van der Waals surface area contributed by atoms with Gasteiger partial charge in [-0.15, -0.1) is 0 Å². The summed E-state index contributed by atoms with van der Waals surface area (Å²) in [5.41, 5.74) is 1.19. The molecule has 3 rings (SSSR count). The quantitative estimate of drug-likeness (QED) is 0.822. The minimum absolute atomic E-state index is 0.160. The molecule has 1 aliphatic rings. The van der Waals surface area contributed by atoms with Crippen LogP contribution in [-0.4, -0.2) is 38.3 Å². The molecule has 0 unspecified atom stereocenters. The predicted molar refractivity (Wildman–Crippen MR) is 105 cm³/mol. The standard InChI is InChI=1S/C19H21ClN2O4S/c1-13-5-10-16(26-2)12-18(13)27(24,25)22-11-3-4-17(22)19(23)21-15-8-6-14(20)7-9-15/h5-10,12,17H,3-4,11H2,1-2H3,(H,21,23)/t17-/m1/s1. The third-order valence-corrected chi connectivity index (χ3v) is 6.90. The smallest absolute Gasteiger partial charge is 0.244 e. The Bertz CT molecular complexity index is 945. The number of sulfonamides is 1. The summed E-state index contributed by atoms with van der Waals surface area (Å²) < 4.78 is 32.9. The number of benzene rings is 2. The average molecular weight is 409 g/mol. The van der Waals surface area contributed by atoms with Gasteiger partial charge < -0.3 is 10.1 Å². The maximum atomic E-state index is 13.2. The Morgan fingerprint density at radius 2 is 1.93 bits per heavy atom. The van der Waals surface area contributed by atoms with Crippen LogP contribution in [0.2, 0.25) is 5.02 Å². The van der Waals surface area contributed by atoms with Gasteiger partial charge in [-0.2, -0.15) is 4.31 Å². The van der Waals surface area contributed by atoms with Gasteiger partial charge in [0, 0.05) is 23.3 Å². The molecule has 0 saturated carbocycles. The van der Waals surface area contributed by atoms with Crippen LogP contribution in [0, 0.1) is 6.92 Å². The minimum atomic E-state index is -3.82. The first-order valence-electron chi connectivity index (χ1n) is 8.56. The average Bonchev–Trinajstić information content (AvgIpc) is 3.15. The van der Waals surface area contributed by atoms with Crippen molar-refractivity contribution in [3.63, 3.8) is 0 Å². The maximum Gasteiger partial charge on any atom is 0.244 e. The van der Waals surface area contributed by atoms with E-state index < -0.39 is 16.1 Å². The van der Waals surface area contributed by atoms with Gasteiger partial charge in [0.25, 0.3) is 0 Å². The molecule has 27 heavy (non-hydrogen) atoms. The summed E-state index contributed by atoms with van der Waals surface area (Å²) in [5, 5.41) is 3.34. The van der Waals surface area contributed by atoms with E-state index in [4.69, 9.17) is 16.3 Å². The Morgan fingerprint density at radius 3 is 2.59 bits per heavy atom. The number of nitrogens with one attached hydrogen (secondary N) is 1. The first-order chi connectivity index (χ1) is 12.8. The molecule has 1 amide bonds. The normalized spacial score (nSPS) is 17.7. The van der Waals surface area contributed by atoms with E-state index in [1.165, 1.54) is 17.5 Å².